The molecule has 0 aromatic heterocycles. The lowest BCUT2D eigenvalue weighted by Crippen LogP contribution is -2.36. The maximum atomic E-state index is 12.0. The van der Waals surface area contributed by atoms with Crippen molar-refractivity contribution in [3.63, 3.8) is 0 Å². The van der Waals surface area contributed by atoms with Gasteiger partial charge in [0.25, 0.3) is 0 Å². The average molecular weight is 291 g/mol. The lowest BCUT2D eigenvalue weighted by molar-refractivity contribution is -0.117. The van der Waals surface area contributed by atoms with Crippen LogP contribution < -0.4 is 10.1 Å². The Bertz CT molecular complexity index is 468. The number of nitrogens with one attached hydrogen (secondary N) is 1. The fourth-order valence-electron chi connectivity index (χ4n) is 1.78. The van der Waals surface area contributed by atoms with E-state index >= 15 is 0 Å². The topological polar surface area (TPSA) is 74.6 Å². The molecule has 0 spiro atoms. The van der Waals surface area contributed by atoms with Gasteiger partial charge in [0, 0.05) is 32.3 Å². The highest BCUT2D eigenvalue weighted by Crippen LogP contribution is 2.14. The van der Waals surface area contributed by atoms with Gasteiger partial charge in [-0.2, -0.15) is 5.26 Å². The molecule has 6 heteroatoms. The molecule has 1 aromatic carbocycles. The van der Waals surface area contributed by atoms with E-state index in [1.165, 1.54) is 0 Å². The van der Waals surface area contributed by atoms with Crippen molar-refractivity contribution in [1.29, 1.82) is 5.26 Å². The number of hydrogen-bond donors (Lipinski definition) is 1. The molecular weight excluding hydrogens is 270 g/mol. The Morgan fingerprint density at radius 2 is 2.00 bits per heavy atom. The molecule has 0 unspecified atom stereocenters. The third-order valence-electron chi connectivity index (χ3n) is 2.89. The summed E-state index contributed by atoms with van der Waals surface area (Å²) in [6.45, 7) is 1.93. The molecule has 114 valence electrons. The maximum absolute atomic E-state index is 12.0. The number of carbonyl (C=O) groups is 1. The fourth-order valence-corrected chi connectivity index (χ4v) is 1.78. The summed E-state index contributed by atoms with van der Waals surface area (Å²) in [7, 11) is 3.20. The molecule has 0 saturated carbocycles. The molecular formula is C15H21N3O3. The average Bonchev–Trinajstić information content (AvgIpc) is 2.50. The number of nitrogens with zero attached hydrogens (tertiary/aromatic N) is 2. The molecule has 0 aliphatic heterocycles. The second-order valence-corrected chi connectivity index (χ2v) is 4.45. The summed E-state index contributed by atoms with van der Waals surface area (Å²) in [5.41, 5.74) is 0.716. The number of methoxy groups -OCH3 is 2. The van der Waals surface area contributed by atoms with Crippen molar-refractivity contribution in [2.75, 3.05) is 45.8 Å². The Hall–Kier alpha value is -2.10. The highest BCUT2D eigenvalue weighted by Gasteiger charge is 2.10. The van der Waals surface area contributed by atoms with E-state index in [1.807, 2.05) is 4.90 Å². The van der Waals surface area contributed by atoms with Crippen LogP contribution in [0.2, 0.25) is 0 Å². The van der Waals surface area contributed by atoms with E-state index in [0.29, 0.717) is 31.8 Å². The molecule has 0 radical (unpaired) electrons. The van der Waals surface area contributed by atoms with Crippen molar-refractivity contribution in [3.05, 3.63) is 24.3 Å². The van der Waals surface area contributed by atoms with Gasteiger partial charge in [0.1, 0.15) is 5.75 Å². The fraction of sp³-hybridized carbons (Fsp3) is 0.467. The van der Waals surface area contributed by atoms with Crippen LogP contribution in [0.1, 0.15) is 6.42 Å². The number of ether oxygens (including phenoxy) is 2. The van der Waals surface area contributed by atoms with Crippen LogP contribution in [0, 0.1) is 11.3 Å². The summed E-state index contributed by atoms with van der Waals surface area (Å²) < 4.78 is 10.1. The second-order valence-electron chi connectivity index (χ2n) is 4.45. The SMILES string of the molecule is COCCN(CCC#N)CC(=O)Nc1ccc(OC)cc1. The van der Waals surface area contributed by atoms with Crippen LogP contribution in [-0.2, 0) is 9.53 Å². The first kappa shape index (κ1) is 17.0. The molecule has 0 aliphatic carbocycles. The van der Waals surface area contributed by atoms with Crippen molar-refractivity contribution >= 4 is 11.6 Å². The molecule has 0 heterocycles. The van der Waals surface area contributed by atoms with Crippen LogP contribution in [0.15, 0.2) is 24.3 Å². The van der Waals surface area contributed by atoms with Gasteiger partial charge in [0.2, 0.25) is 5.91 Å². The molecule has 21 heavy (non-hydrogen) atoms. The minimum Gasteiger partial charge on any atom is -0.497 e. The molecule has 0 saturated heterocycles. The van der Waals surface area contributed by atoms with E-state index in [0.717, 1.165) is 5.75 Å². The van der Waals surface area contributed by atoms with Gasteiger partial charge in [-0.15, -0.1) is 0 Å². The Kier molecular flexibility index (Phi) is 7.87. The number of benzene rings is 1. The van der Waals surface area contributed by atoms with Gasteiger partial charge >= 0.3 is 0 Å². The van der Waals surface area contributed by atoms with Crippen molar-refractivity contribution in [2.45, 2.75) is 6.42 Å². The van der Waals surface area contributed by atoms with E-state index in [-0.39, 0.29) is 12.5 Å². The lowest BCUT2D eigenvalue weighted by Gasteiger charge is -2.20. The Labute approximate surface area is 125 Å². The first-order chi connectivity index (χ1) is 10.2. The zero-order valence-electron chi connectivity index (χ0n) is 12.5. The highest BCUT2D eigenvalue weighted by molar-refractivity contribution is 5.92. The lowest BCUT2D eigenvalue weighted by atomic mass is 10.3. The number of amides is 1. The number of anilines is 1. The van der Waals surface area contributed by atoms with Crippen LogP contribution in [0.4, 0.5) is 5.69 Å². The second kappa shape index (κ2) is 9.75. The molecule has 1 rings (SSSR count). The van der Waals surface area contributed by atoms with Crippen molar-refractivity contribution < 1.29 is 14.3 Å². The molecule has 0 atom stereocenters. The highest BCUT2D eigenvalue weighted by atomic mass is 16.5. The minimum absolute atomic E-state index is 0.116. The van der Waals surface area contributed by atoms with Gasteiger partial charge in [-0.05, 0) is 24.3 Å². The normalized spacial score (nSPS) is 10.2. The summed E-state index contributed by atoms with van der Waals surface area (Å²) in [6, 6.07) is 9.22. The Morgan fingerprint density at radius 1 is 1.29 bits per heavy atom. The zero-order chi connectivity index (χ0) is 15.5. The van der Waals surface area contributed by atoms with Gasteiger partial charge in [-0.25, -0.2) is 0 Å². The molecule has 1 amide bonds. The summed E-state index contributed by atoms with van der Waals surface area (Å²) in [5.74, 6) is 0.623. The van der Waals surface area contributed by atoms with E-state index in [9.17, 15) is 4.79 Å². The van der Waals surface area contributed by atoms with E-state index in [2.05, 4.69) is 11.4 Å². The van der Waals surface area contributed by atoms with E-state index < -0.39 is 0 Å². The minimum atomic E-state index is -0.116. The summed E-state index contributed by atoms with van der Waals surface area (Å²) in [5, 5.41) is 11.5. The Balaban J connectivity index is 2.49. The molecule has 6 nitrogen and oxygen atoms in total. The summed E-state index contributed by atoms with van der Waals surface area (Å²) in [4.78, 5) is 13.9. The number of hydrogen-bond acceptors (Lipinski definition) is 5. The zero-order valence-corrected chi connectivity index (χ0v) is 12.5. The van der Waals surface area contributed by atoms with Gasteiger partial charge in [-0.3, -0.25) is 9.69 Å². The third kappa shape index (κ3) is 6.75. The monoisotopic (exact) mass is 291 g/mol. The van der Waals surface area contributed by atoms with Crippen LogP contribution in [0.5, 0.6) is 5.75 Å². The predicted octanol–water partition coefficient (Wildman–Crippen LogP) is 1.50. The van der Waals surface area contributed by atoms with E-state index in [1.54, 1.807) is 38.5 Å². The van der Waals surface area contributed by atoms with Crippen molar-refractivity contribution in [2.24, 2.45) is 0 Å². The molecule has 0 bridgehead atoms. The van der Waals surface area contributed by atoms with Crippen LogP contribution in [0.25, 0.3) is 0 Å². The standard InChI is InChI=1S/C15H21N3O3/c1-20-11-10-18(9-3-8-16)12-15(19)17-13-4-6-14(21-2)7-5-13/h4-7H,3,9-12H2,1-2H3,(H,17,19). The smallest absolute Gasteiger partial charge is 0.238 e. The molecule has 1 N–H and O–H groups in total. The van der Waals surface area contributed by atoms with Crippen molar-refractivity contribution in [3.8, 4) is 11.8 Å². The summed E-state index contributed by atoms with van der Waals surface area (Å²) in [6.07, 6.45) is 0.388. The van der Waals surface area contributed by atoms with Crippen LogP contribution >= 0.6 is 0 Å². The summed E-state index contributed by atoms with van der Waals surface area (Å²) >= 11 is 0. The number of rotatable bonds is 9. The van der Waals surface area contributed by atoms with Crippen molar-refractivity contribution in [1.82, 2.24) is 4.90 Å². The quantitative estimate of drug-likeness (QED) is 0.746. The van der Waals surface area contributed by atoms with Crippen LogP contribution in [-0.4, -0.2) is 51.3 Å². The van der Waals surface area contributed by atoms with Gasteiger partial charge in [0.15, 0.2) is 0 Å². The maximum Gasteiger partial charge on any atom is 0.238 e. The largest absolute Gasteiger partial charge is 0.497 e. The predicted molar refractivity (Wildman–Crippen MR) is 80.2 cm³/mol. The number of nitriles is 1. The van der Waals surface area contributed by atoms with E-state index in [4.69, 9.17) is 14.7 Å². The van der Waals surface area contributed by atoms with Crippen LogP contribution in [0.3, 0.4) is 0 Å². The number of carbonyl (C=O) groups excluding carboxylic acids is 1. The Morgan fingerprint density at radius 3 is 2.57 bits per heavy atom. The first-order valence-corrected chi connectivity index (χ1v) is 6.71. The third-order valence-corrected chi connectivity index (χ3v) is 2.89. The molecule has 1 aromatic rings. The van der Waals surface area contributed by atoms with Gasteiger partial charge in [-0.1, -0.05) is 0 Å². The van der Waals surface area contributed by atoms with Gasteiger partial charge < -0.3 is 14.8 Å². The first-order valence-electron chi connectivity index (χ1n) is 6.71. The molecule has 0 fully saturated rings. The molecule has 0 aliphatic rings. The van der Waals surface area contributed by atoms with Gasteiger partial charge in [0.05, 0.1) is 26.3 Å².